The molecule has 0 fully saturated rings. The number of fused-ring (bicyclic) bond motifs is 1. The van der Waals surface area contributed by atoms with Crippen LogP contribution in [0.2, 0.25) is 0 Å². The molecule has 12 heavy (non-hydrogen) atoms. The highest BCUT2D eigenvalue weighted by atomic mass is 16.5. The maximum absolute atomic E-state index is 5.76. The van der Waals surface area contributed by atoms with Gasteiger partial charge in [0, 0.05) is 18.7 Å². The molecule has 1 aliphatic heterocycles. The van der Waals surface area contributed by atoms with E-state index in [-0.39, 0.29) is 0 Å². The number of rotatable bonds is 0. The normalized spacial score (nSPS) is 16.0. The molecule has 0 aromatic heterocycles. The first-order valence-corrected chi connectivity index (χ1v) is 4.09. The molecule has 1 aliphatic rings. The van der Waals surface area contributed by atoms with Gasteiger partial charge < -0.3 is 15.8 Å². The van der Waals surface area contributed by atoms with Crippen LogP contribution in [0.4, 0.5) is 5.69 Å². The third-order valence-corrected chi connectivity index (χ3v) is 1.97. The van der Waals surface area contributed by atoms with Crippen molar-refractivity contribution in [3.05, 3.63) is 23.8 Å². The van der Waals surface area contributed by atoms with Crippen LogP contribution in [0, 0.1) is 0 Å². The van der Waals surface area contributed by atoms with E-state index in [0.29, 0.717) is 6.61 Å². The van der Waals surface area contributed by atoms with Crippen LogP contribution in [0.25, 0.3) is 0 Å². The Morgan fingerprint density at radius 3 is 3.25 bits per heavy atom. The summed E-state index contributed by atoms with van der Waals surface area (Å²) in [4.78, 5) is 0. The van der Waals surface area contributed by atoms with Crippen LogP contribution >= 0.6 is 0 Å². The molecule has 0 amide bonds. The predicted molar refractivity (Wildman–Crippen MR) is 48.1 cm³/mol. The third-order valence-electron chi connectivity index (χ3n) is 1.97. The minimum atomic E-state index is 0.696. The summed E-state index contributed by atoms with van der Waals surface area (Å²) >= 11 is 0. The van der Waals surface area contributed by atoms with Crippen LogP contribution in [0.15, 0.2) is 18.2 Å². The molecule has 64 valence electrons. The summed E-state index contributed by atoms with van der Waals surface area (Å²) in [7, 11) is 0. The number of nitrogens with two attached hydrogens (primary N) is 1. The van der Waals surface area contributed by atoms with Gasteiger partial charge in [-0.15, -0.1) is 0 Å². The summed E-state index contributed by atoms with van der Waals surface area (Å²) in [5.74, 6) is 0.850. The van der Waals surface area contributed by atoms with Gasteiger partial charge in [0.15, 0.2) is 0 Å². The van der Waals surface area contributed by atoms with Gasteiger partial charge in [-0.25, -0.2) is 0 Å². The molecule has 3 N–H and O–H groups in total. The molecule has 0 aliphatic carbocycles. The first-order valence-electron chi connectivity index (χ1n) is 4.09. The minimum absolute atomic E-state index is 0.696. The summed E-state index contributed by atoms with van der Waals surface area (Å²) in [6, 6.07) is 5.85. The zero-order valence-electron chi connectivity index (χ0n) is 6.84. The predicted octanol–water partition coefficient (Wildman–Crippen LogP) is 0.751. The van der Waals surface area contributed by atoms with E-state index in [1.54, 1.807) is 0 Å². The van der Waals surface area contributed by atoms with Crippen molar-refractivity contribution in [1.82, 2.24) is 5.32 Å². The van der Waals surface area contributed by atoms with Crippen LogP contribution in [-0.2, 0) is 6.54 Å². The summed E-state index contributed by atoms with van der Waals surface area (Å²) in [6.07, 6.45) is 0. The lowest BCUT2D eigenvalue weighted by atomic mass is 10.2. The van der Waals surface area contributed by atoms with Gasteiger partial charge in [0.1, 0.15) is 12.4 Å². The van der Waals surface area contributed by atoms with Crippen molar-refractivity contribution in [3.63, 3.8) is 0 Å². The van der Waals surface area contributed by atoms with E-state index in [1.807, 2.05) is 18.2 Å². The van der Waals surface area contributed by atoms with Gasteiger partial charge in [0.05, 0.1) is 5.69 Å². The van der Waals surface area contributed by atoms with Gasteiger partial charge >= 0.3 is 0 Å². The van der Waals surface area contributed by atoms with Crippen molar-refractivity contribution in [3.8, 4) is 5.75 Å². The molecule has 0 saturated heterocycles. The second kappa shape index (κ2) is 3.03. The number of ether oxygens (including phenoxy) is 1. The van der Waals surface area contributed by atoms with Crippen molar-refractivity contribution >= 4 is 5.69 Å². The molecule has 1 aromatic rings. The second-order valence-corrected chi connectivity index (χ2v) is 2.86. The number of hydrogen-bond acceptors (Lipinski definition) is 3. The Balaban J connectivity index is 2.42. The fraction of sp³-hybridized carbons (Fsp3) is 0.333. The van der Waals surface area contributed by atoms with Gasteiger partial charge in [0.25, 0.3) is 0 Å². The lowest BCUT2D eigenvalue weighted by Gasteiger charge is -2.08. The molecule has 0 bridgehead atoms. The molecule has 1 aromatic carbocycles. The lowest BCUT2D eigenvalue weighted by molar-refractivity contribution is 0.327. The quantitative estimate of drug-likeness (QED) is 0.556. The molecular formula is C9H12N2O. The molecule has 0 saturated carbocycles. The number of benzene rings is 1. The monoisotopic (exact) mass is 164 g/mol. The molecule has 1 heterocycles. The lowest BCUT2D eigenvalue weighted by Crippen LogP contribution is -2.16. The van der Waals surface area contributed by atoms with Crippen molar-refractivity contribution in [2.24, 2.45) is 0 Å². The third kappa shape index (κ3) is 1.23. The first kappa shape index (κ1) is 7.43. The van der Waals surface area contributed by atoms with Crippen LogP contribution in [0.3, 0.4) is 0 Å². The van der Waals surface area contributed by atoms with E-state index < -0.39 is 0 Å². The Kier molecular flexibility index (Phi) is 1.87. The highest BCUT2D eigenvalue weighted by Gasteiger charge is 2.09. The molecule has 0 atom stereocenters. The molecule has 3 heteroatoms. The number of hydrogen-bond donors (Lipinski definition) is 2. The molecule has 2 rings (SSSR count). The highest BCUT2D eigenvalue weighted by molar-refractivity contribution is 5.56. The summed E-state index contributed by atoms with van der Waals surface area (Å²) in [5, 5.41) is 3.25. The van der Waals surface area contributed by atoms with E-state index in [2.05, 4.69) is 5.32 Å². The van der Waals surface area contributed by atoms with Gasteiger partial charge in [-0.3, -0.25) is 0 Å². The molecule has 3 nitrogen and oxygen atoms in total. The Bertz CT molecular complexity index is 286. The summed E-state index contributed by atoms with van der Waals surface area (Å²) < 4.78 is 5.49. The van der Waals surface area contributed by atoms with E-state index in [0.717, 1.165) is 30.1 Å². The maximum Gasteiger partial charge on any atom is 0.146 e. The molecule has 0 unspecified atom stereocenters. The van der Waals surface area contributed by atoms with Gasteiger partial charge in [-0.05, 0) is 6.07 Å². The van der Waals surface area contributed by atoms with Crippen LogP contribution < -0.4 is 15.8 Å². The Morgan fingerprint density at radius 1 is 1.42 bits per heavy atom. The average Bonchev–Trinajstić information content (AvgIpc) is 2.30. The van der Waals surface area contributed by atoms with Crippen molar-refractivity contribution in [2.45, 2.75) is 6.54 Å². The summed E-state index contributed by atoms with van der Waals surface area (Å²) in [5.41, 5.74) is 7.64. The number of nitrogens with one attached hydrogen (secondary N) is 1. The van der Waals surface area contributed by atoms with Crippen molar-refractivity contribution in [2.75, 3.05) is 18.9 Å². The zero-order valence-corrected chi connectivity index (χ0v) is 6.84. The van der Waals surface area contributed by atoms with Gasteiger partial charge in [-0.2, -0.15) is 0 Å². The van der Waals surface area contributed by atoms with Crippen LogP contribution in [0.1, 0.15) is 5.56 Å². The molecule has 0 radical (unpaired) electrons. The second-order valence-electron chi connectivity index (χ2n) is 2.86. The minimum Gasteiger partial charge on any atom is -0.490 e. The van der Waals surface area contributed by atoms with Crippen molar-refractivity contribution < 1.29 is 4.74 Å². The average molecular weight is 164 g/mol. The van der Waals surface area contributed by atoms with Gasteiger partial charge in [0.2, 0.25) is 0 Å². The smallest absolute Gasteiger partial charge is 0.146 e. The van der Waals surface area contributed by atoms with Gasteiger partial charge in [-0.1, -0.05) is 12.1 Å². The fourth-order valence-electron chi connectivity index (χ4n) is 1.37. The largest absolute Gasteiger partial charge is 0.490 e. The van der Waals surface area contributed by atoms with Crippen LogP contribution in [0.5, 0.6) is 5.75 Å². The van der Waals surface area contributed by atoms with E-state index >= 15 is 0 Å². The number of anilines is 1. The van der Waals surface area contributed by atoms with E-state index in [4.69, 9.17) is 10.5 Å². The molecule has 0 spiro atoms. The Labute approximate surface area is 71.5 Å². The Morgan fingerprint density at radius 2 is 2.33 bits per heavy atom. The van der Waals surface area contributed by atoms with Crippen molar-refractivity contribution in [1.29, 1.82) is 0 Å². The maximum atomic E-state index is 5.76. The topological polar surface area (TPSA) is 47.3 Å². The summed E-state index contributed by atoms with van der Waals surface area (Å²) in [6.45, 7) is 2.43. The SMILES string of the molecule is Nc1cccc2c1OCCNC2. The van der Waals surface area contributed by atoms with E-state index in [9.17, 15) is 0 Å². The first-order chi connectivity index (χ1) is 5.88. The van der Waals surface area contributed by atoms with E-state index in [1.165, 1.54) is 0 Å². The van der Waals surface area contributed by atoms with Crippen LogP contribution in [-0.4, -0.2) is 13.2 Å². The Hall–Kier alpha value is -1.22. The standard InChI is InChI=1S/C9H12N2O/c10-8-3-1-2-7-6-11-4-5-12-9(7)8/h1-3,11H,4-6,10H2. The zero-order chi connectivity index (χ0) is 8.39. The number of nitrogen functional groups attached to an aromatic ring is 1. The fourth-order valence-corrected chi connectivity index (χ4v) is 1.37. The number of para-hydroxylation sites is 1. The molecular weight excluding hydrogens is 152 g/mol. The highest BCUT2D eigenvalue weighted by Crippen LogP contribution is 2.26.